The van der Waals surface area contributed by atoms with E-state index >= 15 is 0 Å². The monoisotopic (exact) mass is 521 g/mol. The molecule has 1 aliphatic rings. The molecule has 0 saturated heterocycles. The normalized spacial score (nSPS) is 13.9. The summed E-state index contributed by atoms with van der Waals surface area (Å²) in [5.74, 6) is 0.282. The maximum absolute atomic E-state index is 13.5. The van der Waals surface area contributed by atoms with Gasteiger partial charge >= 0.3 is 0 Å². The highest BCUT2D eigenvalue weighted by Gasteiger charge is 2.25. The standard InChI is InChI=1S/C27H27N3O6S/c1-28-37(33,34)21-6-4-5-17(12-21)18-13-23(26-25(14-18)35-9-10-36-26)27(32)30-20(16-31)11-19-15-29-24-8-3-2-7-22(19)24/h2-8,12-15,20,28-29,31H,9-11,16H2,1H3,(H,30,32)/t20-/m1/s1. The van der Waals surface area contributed by atoms with E-state index in [1.54, 1.807) is 24.3 Å². The Labute approximate surface area is 214 Å². The van der Waals surface area contributed by atoms with E-state index in [0.29, 0.717) is 42.3 Å². The number of fused-ring (bicyclic) bond motifs is 2. The van der Waals surface area contributed by atoms with E-state index in [4.69, 9.17) is 9.47 Å². The molecule has 192 valence electrons. The second-order valence-corrected chi connectivity index (χ2v) is 10.6. The number of hydrogen-bond acceptors (Lipinski definition) is 6. The molecule has 4 N–H and O–H groups in total. The number of hydrogen-bond donors (Lipinski definition) is 4. The Balaban J connectivity index is 1.47. The minimum Gasteiger partial charge on any atom is -0.486 e. The van der Waals surface area contributed by atoms with Crippen molar-refractivity contribution in [1.29, 1.82) is 0 Å². The number of benzene rings is 3. The van der Waals surface area contributed by atoms with Crippen LogP contribution >= 0.6 is 0 Å². The van der Waals surface area contributed by atoms with Crippen molar-refractivity contribution in [1.82, 2.24) is 15.0 Å². The Morgan fingerprint density at radius 3 is 2.68 bits per heavy atom. The van der Waals surface area contributed by atoms with Crippen molar-refractivity contribution >= 4 is 26.8 Å². The van der Waals surface area contributed by atoms with Gasteiger partial charge in [-0.25, -0.2) is 13.1 Å². The molecule has 5 rings (SSSR count). The zero-order chi connectivity index (χ0) is 26.0. The highest BCUT2D eigenvalue weighted by Crippen LogP contribution is 2.39. The summed E-state index contributed by atoms with van der Waals surface area (Å²) in [7, 11) is -2.30. The first-order chi connectivity index (χ1) is 17.9. The molecule has 0 radical (unpaired) electrons. The van der Waals surface area contributed by atoms with Gasteiger partial charge in [-0.1, -0.05) is 30.3 Å². The van der Waals surface area contributed by atoms with Gasteiger partial charge in [0.1, 0.15) is 13.2 Å². The van der Waals surface area contributed by atoms with Crippen molar-refractivity contribution in [2.75, 3.05) is 26.9 Å². The molecule has 1 aromatic heterocycles. The van der Waals surface area contributed by atoms with Gasteiger partial charge in [0.2, 0.25) is 10.0 Å². The van der Waals surface area contributed by atoms with Crippen LogP contribution in [0.5, 0.6) is 11.5 Å². The van der Waals surface area contributed by atoms with Crippen LogP contribution in [0, 0.1) is 0 Å². The van der Waals surface area contributed by atoms with E-state index in [0.717, 1.165) is 16.5 Å². The van der Waals surface area contributed by atoms with Gasteiger partial charge in [0.15, 0.2) is 11.5 Å². The first-order valence-electron chi connectivity index (χ1n) is 11.8. The van der Waals surface area contributed by atoms with Crippen molar-refractivity contribution in [2.45, 2.75) is 17.4 Å². The van der Waals surface area contributed by atoms with Gasteiger partial charge in [-0.3, -0.25) is 4.79 Å². The number of sulfonamides is 1. The van der Waals surface area contributed by atoms with Gasteiger partial charge in [0.05, 0.1) is 23.1 Å². The summed E-state index contributed by atoms with van der Waals surface area (Å²) >= 11 is 0. The number of rotatable bonds is 8. The summed E-state index contributed by atoms with van der Waals surface area (Å²) in [5.41, 5.74) is 3.40. The molecule has 37 heavy (non-hydrogen) atoms. The number of para-hydroxylation sites is 1. The molecule has 9 nitrogen and oxygen atoms in total. The number of ether oxygens (including phenoxy) is 2. The molecule has 0 unspecified atom stereocenters. The number of H-pyrrole nitrogens is 1. The molecular formula is C27H27N3O6S. The molecule has 1 amide bonds. The molecule has 10 heteroatoms. The molecule has 1 aliphatic heterocycles. The van der Waals surface area contributed by atoms with E-state index in [1.807, 2.05) is 30.5 Å². The van der Waals surface area contributed by atoms with Crippen molar-refractivity contribution in [3.63, 3.8) is 0 Å². The second-order valence-electron chi connectivity index (χ2n) is 8.70. The molecule has 0 bridgehead atoms. The van der Waals surface area contributed by atoms with Crippen LogP contribution in [-0.2, 0) is 16.4 Å². The number of carbonyl (C=O) groups excluding carboxylic acids is 1. The predicted molar refractivity (Wildman–Crippen MR) is 139 cm³/mol. The van der Waals surface area contributed by atoms with Crippen LogP contribution in [0.1, 0.15) is 15.9 Å². The predicted octanol–water partition coefficient (Wildman–Crippen LogP) is 2.85. The van der Waals surface area contributed by atoms with Gasteiger partial charge in [-0.15, -0.1) is 0 Å². The van der Waals surface area contributed by atoms with Crippen LogP contribution in [0.2, 0.25) is 0 Å². The van der Waals surface area contributed by atoms with Crippen LogP contribution in [0.15, 0.2) is 71.8 Å². The van der Waals surface area contributed by atoms with Crippen LogP contribution in [0.25, 0.3) is 22.0 Å². The number of aromatic amines is 1. The maximum Gasteiger partial charge on any atom is 0.255 e. The smallest absolute Gasteiger partial charge is 0.255 e. The summed E-state index contributed by atoms with van der Waals surface area (Å²) in [6.07, 6.45) is 2.31. The quantitative estimate of drug-likeness (QED) is 0.282. The minimum atomic E-state index is -3.65. The summed E-state index contributed by atoms with van der Waals surface area (Å²) in [5, 5.41) is 14.0. The summed E-state index contributed by atoms with van der Waals surface area (Å²) in [6.45, 7) is 0.362. The number of amides is 1. The Kier molecular flexibility index (Phi) is 6.88. The fourth-order valence-corrected chi connectivity index (χ4v) is 5.22. The fourth-order valence-electron chi connectivity index (χ4n) is 4.44. The molecule has 4 aromatic rings. The molecule has 1 atom stereocenters. The van der Waals surface area contributed by atoms with E-state index in [1.165, 1.54) is 19.2 Å². The number of aromatic nitrogens is 1. The van der Waals surface area contributed by atoms with Crippen LogP contribution in [0.3, 0.4) is 0 Å². The summed E-state index contributed by atoms with van der Waals surface area (Å²) in [4.78, 5) is 16.8. The highest BCUT2D eigenvalue weighted by atomic mass is 32.2. The summed E-state index contributed by atoms with van der Waals surface area (Å²) < 4.78 is 38.5. The van der Waals surface area contributed by atoms with Crippen molar-refractivity contribution in [3.05, 3.63) is 78.0 Å². The third-order valence-corrected chi connectivity index (χ3v) is 7.74. The van der Waals surface area contributed by atoms with E-state index in [2.05, 4.69) is 15.0 Å². The maximum atomic E-state index is 13.5. The highest BCUT2D eigenvalue weighted by molar-refractivity contribution is 7.89. The third kappa shape index (κ3) is 5.04. The minimum absolute atomic E-state index is 0.104. The Morgan fingerprint density at radius 2 is 1.86 bits per heavy atom. The second kappa shape index (κ2) is 10.3. The molecule has 3 aromatic carbocycles. The van der Waals surface area contributed by atoms with Crippen LogP contribution in [-0.4, -0.2) is 57.3 Å². The van der Waals surface area contributed by atoms with Crippen LogP contribution < -0.4 is 19.5 Å². The fraction of sp³-hybridized carbons (Fsp3) is 0.222. The molecule has 0 spiro atoms. The van der Waals surface area contributed by atoms with Crippen molar-refractivity contribution < 1.29 is 27.8 Å². The lowest BCUT2D eigenvalue weighted by Crippen LogP contribution is -2.39. The van der Waals surface area contributed by atoms with E-state index in [-0.39, 0.29) is 17.1 Å². The lowest BCUT2D eigenvalue weighted by Gasteiger charge is -2.23. The largest absolute Gasteiger partial charge is 0.486 e. The number of carbonyl (C=O) groups is 1. The van der Waals surface area contributed by atoms with Gasteiger partial charge in [-0.2, -0.15) is 0 Å². The van der Waals surface area contributed by atoms with Gasteiger partial charge in [0.25, 0.3) is 5.91 Å². The number of aliphatic hydroxyl groups is 1. The molecular weight excluding hydrogens is 494 g/mol. The Hall–Kier alpha value is -3.86. The molecule has 0 fully saturated rings. The van der Waals surface area contributed by atoms with E-state index in [9.17, 15) is 18.3 Å². The first-order valence-corrected chi connectivity index (χ1v) is 13.3. The molecule has 0 saturated carbocycles. The Bertz CT molecular complexity index is 1560. The van der Waals surface area contributed by atoms with Crippen molar-refractivity contribution in [2.24, 2.45) is 0 Å². The lowest BCUT2D eigenvalue weighted by atomic mass is 10.00. The topological polar surface area (TPSA) is 130 Å². The average molecular weight is 522 g/mol. The zero-order valence-electron chi connectivity index (χ0n) is 20.2. The van der Waals surface area contributed by atoms with Gasteiger partial charge < -0.3 is 24.9 Å². The molecule has 0 aliphatic carbocycles. The lowest BCUT2D eigenvalue weighted by molar-refractivity contribution is 0.0906. The van der Waals surface area contributed by atoms with Crippen molar-refractivity contribution in [3.8, 4) is 22.6 Å². The third-order valence-electron chi connectivity index (χ3n) is 6.33. The van der Waals surface area contributed by atoms with E-state index < -0.39 is 22.0 Å². The number of nitrogens with one attached hydrogen (secondary N) is 3. The number of aliphatic hydroxyl groups excluding tert-OH is 1. The summed E-state index contributed by atoms with van der Waals surface area (Å²) in [6, 6.07) is 17.1. The van der Waals surface area contributed by atoms with Gasteiger partial charge in [-0.05, 0) is 60.5 Å². The SMILES string of the molecule is CNS(=O)(=O)c1cccc(-c2cc3c(c(C(=O)N[C@@H](CO)Cc4c[nH]c5ccccc45)c2)OCCO3)c1. The Morgan fingerprint density at radius 1 is 1.05 bits per heavy atom. The molecule has 2 heterocycles. The zero-order valence-corrected chi connectivity index (χ0v) is 21.0. The average Bonchev–Trinajstić information content (AvgIpc) is 3.34. The van der Waals surface area contributed by atoms with Gasteiger partial charge in [0, 0.05) is 17.1 Å². The first kappa shape index (κ1) is 24.8. The van der Waals surface area contributed by atoms with Crippen LogP contribution in [0.4, 0.5) is 0 Å².